The average molecular weight is 498 g/mol. The molecule has 0 fully saturated rings. The summed E-state index contributed by atoms with van der Waals surface area (Å²) in [5.74, 6) is 0. The maximum atomic E-state index is 3.46. The molecular weight excluding hydrogens is 496 g/mol. The maximum Gasteiger partial charge on any atom is 0.0411 e. The van der Waals surface area contributed by atoms with E-state index in [-0.39, 0.29) is 0 Å². The first kappa shape index (κ1) is 14.1. The summed E-state index contributed by atoms with van der Waals surface area (Å²) < 4.78 is 3.50. The van der Waals surface area contributed by atoms with Gasteiger partial charge in [0.1, 0.15) is 0 Å². The van der Waals surface area contributed by atoms with E-state index in [4.69, 9.17) is 0 Å². The van der Waals surface area contributed by atoms with Crippen LogP contribution in [0.2, 0.25) is 0 Å². The third-order valence-corrected chi connectivity index (χ3v) is 5.34. The number of halogens is 4. The lowest BCUT2D eigenvalue weighted by molar-refractivity contribution is 1.31. The van der Waals surface area contributed by atoms with Gasteiger partial charge in [-0.15, -0.1) is 0 Å². The van der Waals surface area contributed by atoms with Crippen LogP contribution in [0.4, 0.5) is 0 Å². The van der Waals surface area contributed by atoms with Gasteiger partial charge in [-0.25, -0.2) is 0 Å². The van der Waals surface area contributed by atoms with Crippen LogP contribution in [0.5, 0.6) is 0 Å². The highest BCUT2D eigenvalue weighted by atomic mass is 79.9. The maximum absolute atomic E-state index is 3.46. The molecule has 2 aromatic carbocycles. The molecule has 5 heteroatoms. The van der Waals surface area contributed by atoms with E-state index in [2.05, 4.69) is 88.0 Å². The quantitative estimate of drug-likeness (QED) is 0.484. The van der Waals surface area contributed by atoms with Gasteiger partial charge in [-0.2, -0.15) is 0 Å². The Labute approximate surface area is 138 Å². The van der Waals surface area contributed by atoms with Crippen molar-refractivity contribution in [3.63, 3.8) is 0 Å². The van der Waals surface area contributed by atoms with Crippen molar-refractivity contribution in [1.29, 1.82) is 0 Å². The van der Waals surface area contributed by atoms with Crippen LogP contribution >= 0.6 is 75.5 Å². The molecule has 0 atom stereocenters. The Balaban J connectivity index is 2.31. The minimum Gasteiger partial charge on any atom is -0.0864 e. The van der Waals surface area contributed by atoms with Gasteiger partial charge in [0, 0.05) is 39.8 Å². The molecule has 0 saturated carbocycles. The molecule has 84 valence electrons. The van der Waals surface area contributed by atoms with Crippen LogP contribution < -0.4 is 0 Å². The Hall–Kier alpha value is 0.710. The molecule has 0 aliphatic carbocycles. The summed E-state index contributed by atoms with van der Waals surface area (Å²) in [4.78, 5) is 1.92. The second-order valence-electron chi connectivity index (χ2n) is 2.91. The lowest BCUT2D eigenvalue weighted by Gasteiger charge is -2.05. The van der Waals surface area contributed by atoms with Crippen LogP contribution in [0.1, 0.15) is 0 Å². The first-order valence-corrected chi connectivity index (χ1v) is 8.31. The van der Waals surface area contributed by atoms with Gasteiger partial charge in [0.15, 0.2) is 0 Å². The molecule has 0 saturated heterocycles. The SMILES string of the molecule is Brc1[c]c(Br)c(Sc2[c]cc(Br)[c]c2Br)[c]c1. The molecule has 0 unspecified atom stereocenters. The van der Waals surface area contributed by atoms with E-state index in [1.807, 2.05) is 12.1 Å². The van der Waals surface area contributed by atoms with Crippen molar-refractivity contribution in [3.8, 4) is 0 Å². The van der Waals surface area contributed by atoms with Gasteiger partial charge in [-0.1, -0.05) is 43.6 Å². The summed E-state index contributed by atoms with van der Waals surface area (Å²) in [6.45, 7) is 0. The molecule has 0 heterocycles. The fourth-order valence-corrected chi connectivity index (χ4v) is 4.05. The van der Waals surface area contributed by atoms with Crippen LogP contribution in [0, 0.1) is 24.3 Å². The van der Waals surface area contributed by atoms with Crippen molar-refractivity contribution in [3.05, 3.63) is 54.3 Å². The highest BCUT2D eigenvalue weighted by Crippen LogP contribution is 2.38. The van der Waals surface area contributed by atoms with Gasteiger partial charge < -0.3 is 0 Å². The fourth-order valence-electron chi connectivity index (χ4n) is 1.03. The van der Waals surface area contributed by atoms with Gasteiger partial charge in [0.05, 0.1) is 0 Å². The highest BCUT2D eigenvalue weighted by Gasteiger charge is 2.07. The van der Waals surface area contributed by atoms with Crippen molar-refractivity contribution in [2.75, 3.05) is 0 Å². The molecular formula is C12H2Br4S. The summed E-state index contributed by atoms with van der Waals surface area (Å²) in [6, 6.07) is 16.3. The van der Waals surface area contributed by atoms with E-state index in [0.717, 1.165) is 27.7 Å². The second kappa shape index (κ2) is 6.24. The molecule has 4 radical (unpaired) electrons. The number of hydrogen-bond acceptors (Lipinski definition) is 1. The summed E-state index contributed by atoms with van der Waals surface area (Å²) in [5, 5.41) is 0. The van der Waals surface area contributed by atoms with Gasteiger partial charge in [0.25, 0.3) is 0 Å². The van der Waals surface area contributed by atoms with Gasteiger partial charge in [0.2, 0.25) is 0 Å². The van der Waals surface area contributed by atoms with Crippen molar-refractivity contribution in [1.82, 2.24) is 0 Å². The Morgan fingerprint density at radius 3 is 1.53 bits per heavy atom. The number of rotatable bonds is 2. The second-order valence-corrected chi connectivity index (χ2v) is 7.23. The van der Waals surface area contributed by atoms with E-state index < -0.39 is 0 Å². The zero-order chi connectivity index (χ0) is 12.4. The summed E-state index contributed by atoms with van der Waals surface area (Å²) in [7, 11) is 0. The van der Waals surface area contributed by atoms with Crippen molar-refractivity contribution < 1.29 is 0 Å². The molecule has 0 aliphatic rings. The van der Waals surface area contributed by atoms with Gasteiger partial charge in [-0.05, 0) is 56.1 Å². The first-order valence-electron chi connectivity index (χ1n) is 4.32. The zero-order valence-corrected chi connectivity index (χ0v) is 15.2. The van der Waals surface area contributed by atoms with Crippen LogP contribution in [0.25, 0.3) is 0 Å². The van der Waals surface area contributed by atoms with E-state index in [0.29, 0.717) is 0 Å². The Bertz CT molecular complexity index is 505. The lowest BCUT2D eigenvalue weighted by atomic mass is 10.4. The van der Waals surface area contributed by atoms with E-state index in [1.165, 1.54) is 0 Å². The Morgan fingerprint density at radius 2 is 1.18 bits per heavy atom. The zero-order valence-electron chi connectivity index (χ0n) is 8.07. The number of hydrogen-bond donors (Lipinski definition) is 0. The molecule has 0 N–H and O–H groups in total. The highest BCUT2D eigenvalue weighted by molar-refractivity contribution is 9.11. The lowest BCUT2D eigenvalue weighted by Crippen LogP contribution is -1.80. The largest absolute Gasteiger partial charge is 0.0864 e. The van der Waals surface area contributed by atoms with E-state index in [1.54, 1.807) is 11.8 Å². The Morgan fingerprint density at radius 1 is 0.765 bits per heavy atom. The van der Waals surface area contributed by atoms with Crippen molar-refractivity contribution in [2.24, 2.45) is 0 Å². The minimum absolute atomic E-state index is 0.874. The van der Waals surface area contributed by atoms with E-state index >= 15 is 0 Å². The summed E-state index contributed by atoms with van der Waals surface area (Å²) >= 11 is 15.2. The van der Waals surface area contributed by atoms with Crippen LogP contribution in [-0.4, -0.2) is 0 Å². The van der Waals surface area contributed by atoms with Gasteiger partial charge >= 0.3 is 0 Å². The average Bonchev–Trinajstić information content (AvgIpc) is 2.25. The molecule has 2 rings (SSSR count). The van der Waals surface area contributed by atoms with Crippen molar-refractivity contribution >= 4 is 75.5 Å². The molecule has 0 aliphatic heterocycles. The van der Waals surface area contributed by atoms with Crippen LogP contribution in [0.3, 0.4) is 0 Å². The predicted molar refractivity (Wildman–Crippen MR) is 83.2 cm³/mol. The molecule has 0 nitrogen and oxygen atoms in total. The molecule has 0 spiro atoms. The topological polar surface area (TPSA) is 0 Å². The third kappa shape index (κ3) is 3.83. The molecule has 0 amide bonds. The normalized spacial score (nSPS) is 10.6. The Kier molecular flexibility index (Phi) is 5.18. The first-order chi connectivity index (χ1) is 8.06. The van der Waals surface area contributed by atoms with Crippen LogP contribution in [-0.2, 0) is 0 Å². The van der Waals surface area contributed by atoms with Crippen LogP contribution in [0.15, 0.2) is 39.8 Å². The molecule has 2 aromatic rings. The van der Waals surface area contributed by atoms with Crippen molar-refractivity contribution in [2.45, 2.75) is 9.79 Å². The predicted octanol–water partition coefficient (Wildman–Crippen LogP) is 6.09. The molecule has 17 heavy (non-hydrogen) atoms. The number of benzene rings is 2. The summed E-state index contributed by atoms with van der Waals surface area (Å²) in [6.07, 6.45) is 0. The van der Waals surface area contributed by atoms with E-state index in [9.17, 15) is 0 Å². The fraction of sp³-hybridized carbons (Fsp3) is 0. The molecule has 0 aromatic heterocycles. The third-order valence-electron chi connectivity index (χ3n) is 1.72. The monoisotopic (exact) mass is 494 g/mol. The minimum atomic E-state index is 0.874. The summed E-state index contributed by atoms with van der Waals surface area (Å²) in [5.41, 5.74) is 0. The van der Waals surface area contributed by atoms with Gasteiger partial charge in [-0.3, -0.25) is 0 Å². The standard InChI is InChI=1S/C12H2Br4S/c13-7-1-3-11(9(15)5-7)17-12-4-2-8(14)6-10(12)16/h1-2H. The molecule has 0 bridgehead atoms. The smallest absolute Gasteiger partial charge is 0.0411 e.